The monoisotopic (exact) mass is 457 g/mol. The van der Waals surface area contributed by atoms with Gasteiger partial charge in [0.2, 0.25) is 5.91 Å². The van der Waals surface area contributed by atoms with Crippen molar-refractivity contribution in [3.63, 3.8) is 0 Å². The van der Waals surface area contributed by atoms with E-state index in [1.54, 1.807) is 42.5 Å². The fraction of sp³-hybridized carbons (Fsp3) is 0.227. The zero-order chi connectivity index (χ0) is 23.3. The van der Waals surface area contributed by atoms with Crippen LogP contribution in [0.3, 0.4) is 0 Å². The molecule has 0 unspecified atom stereocenters. The van der Waals surface area contributed by atoms with Crippen molar-refractivity contribution < 1.29 is 28.7 Å². The minimum absolute atomic E-state index is 0.0814. The van der Waals surface area contributed by atoms with Crippen LogP contribution in [-0.2, 0) is 19.1 Å². The molecule has 0 bridgehead atoms. The molecule has 1 aliphatic rings. The summed E-state index contributed by atoms with van der Waals surface area (Å²) in [5.74, 6) is -3.25. The van der Waals surface area contributed by atoms with Crippen molar-refractivity contribution in [3.05, 3.63) is 64.7 Å². The summed E-state index contributed by atoms with van der Waals surface area (Å²) in [6.45, 7) is 0.816. The Bertz CT molecular complexity index is 1070. The van der Waals surface area contributed by atoms with Gasteiger partial charge in [0.25, 0.3) is 11.8 Å². The second-order valence-corrected chi connectivity index (χ2v) is 7.52. The predicted octanol–water partition coefficient (Wildman–Crippen LogP) is 2.22. The van der Waals surface area contributed by atoms with Crippen molar-refractivity contribution >= 4 is 46.8 Å². The Balaban J connectivity index is 1.48. The lowest BCUT2D eigenvalue weighted by molar-refractivity contribution is -0.151. The van der Waals surface area contributed by atoms with Crippen LogP contribution in [0.15, 0.2) is 48.5 Å². The Morgan fingerprint density at radius 1 is 1.09 bits per heavy atom. The van der Waals surface area contributed by atoms with E-state index in [0.29, 0.717) is 11.3 Å². The van der Waals surface area contributed by atoms with Crippen LogP contribution in [0.2, 0.25) is 5.02 Å². The second kappa shape index (κ2) is 10.1. The normalized spacial score (nSPS) is 15.2. The molecule has 2 aromatic rings. The Hall–Kier alpha value is -3.72. The fourth-order valence-electron chi connectivity index (χ4n) is 3.04. The van der Waals surface area contributed by atoms with E-state index < -0.39 is 36.2 Å². The molecule has 2 aromatic carbocycles. The van der Waals surface area contributed by atoms with Crippen LogP contribution in [0, 0.1) is 5.92 Å². The first-order chi connectivity index (χ1) is 15.2. The van der Waals surface area contributed by atoms with Gasteiger partial charge in [-0.3, -0.25) is 34.4 Å². The summed E-state index contributed by atoms with van der Waals surface area (Å²) < 4.78 is 5.01. The quantitative estimate of drug-likeness (QED) is 0.485. The van der Waals surface area contributed by atoms with Gasteiger partial charge in [0.15, 0.2) is 12.4 Å². The molecule has 1 saturated heterocycles. The van der Waals surface area contributed by atoms with Crippen molar-refractivity contribution in [1.29, 1.82) is 0 Å². The van der Waals surface area contributed by atoms with Crippen molar-refractivity contribution in [3.8, 4) is 0 Å². The number of ether oxygens (including phenoxy) is 1. The molecule has 1 aliphatic heterocycles. The highest BCUT2D eigenvalue weighted by Gasteiger charge is 2.37. The largest absolute Gasteiger partial charge is 0.455 e. The van der Waals surface area contributed by atoms with Gasteiger partial charge in [-0.1, -0.05) is 23.7 Å². The number of nitrogens with one attached hydrogen (secondary N) is 2. The molecule has 1 fully saturated rings. The molecule has 32 heavy (non-hydrogen) atoms. The summed E-state index contributed by atoms with van der Waals surface area (Å²) >= 11 is 5.98. The lowest BCUT2D eigenvalue weighted by Crippen LogP contribution is -2.43. The number of halogens is 1. The minimum Gasteiger partial charge on any atom is -0.455 e. The van der Waals surface area contributed by atoms with Gasteiger partial charge in [0.1, 0.15) is 0 Å². The maximum Gasteiger partial charge on any atom is 0.311 e. The Labute approximate surface area is 188 Å². The number of carbonyl (C=O) groups excluding carboxylic acids is 5. The third kappa shape index (κ3) is 5.70. The number of amides is 3. The molecule has 3 amide bonds. The summed E-state index contributed by atoms with van der Waals surface area (Å²) in [6, 6.07) is 12.6. The molecule has 10 heteroatoms. The van der Waals surface area contributed by atoms with Gasteiger partial charge in [0.05, 0.1) is 23.0 Å². The zero-order valence-electron chi connectivity index (χ0n) is 17.1. The summed E-state index contributed by atoms with van der Waals surface area (Å²) in [5, 5.41) is 3.81. The summed E-state index contributed by atoms with van der Waals surface area (Å²) in [6.07, 6.45) is -0.157. The van der Waals surface area contributed by atoms with Crippen LogP contribution < -0.4 is 10.7 Å². The van der Waals surface area contributed by atoms with Crippen molar-refractivity contribution in [2.75, 3.05) is 18.5 Å². The number of Topliss-reactive ketones (excluding diaryl/α,β-unsaturated/α-hetero) is 1. The average molecular weight is 458 g/mol. The van der Waals surface area contributed by atoms with E-state index in [0.717, 1.165) is 5.01 Å². The number of hydrazine groups is 1. The first-order valence-electron chi connectivity index (χ1n) is 9.68. The Morgan fingerprint density at radius 2 is 1.78 bits per heavy atom. The fourth-order valence-corrected chi connectivity index (χ4v) is 3.26. The van der Waals surface area contributed by atoms with E-state index >= 15 is 0 Å². The smallest absolute Gasteiger partial charge is 0.311 e. The highest BCUT2D eigenvalue weighted by atomic mass is 35.5. The molecule has 166 valence electrons. The number of hydrogen-bond donors (Lipinski definition) is 2. The molecule has 3 rings (SSSR count). The minimum atomic E-state index is -0.823. The Kier molecular flexibility index (Phi) is 7.21. The van der Waals surface area contributed by atoms with E-state index in [-0.39, 0.29) is 29.3 Å². The lowest BCUT2D eigenvalue weighted by atomic mass is 10.1. The molecular weight excluding hydrogens is 438 g/mol. The predicted molar refractivity (Wildman–Crippen MR) is 115 cm³/mol. The highest BCUT2D eigenvalue weighted by Crippen LogP contribution is 2.19. The number of esters is 1. The first kappa shape index (κ1) is 23.0. The SMILES string of the molecule is CC(=O)c1ccc(NC(=O)COC(=O)[C@@H]2CC(=O)N(NC(=O)c3ccccc3Cl)C2)cc1. The molecule has 1 atom stereocenters. The first-order valence-corrected chi connectivity index (χ1v) is 10.1. The van der Waals surface area contributed by atoms with E-state index in [2.05, 4.69) is 10.7 Å². The molecule has 0 aromatic heterocycles. The van der Waals surface area contributed by atoms with Gasteiger partial charge in [0, 0.05) is 17.7 Å². The highest BCUT2D eigenvalue weighted by molar-refractivity contribution is 6.33. The van der Waals surface area contributed by atoms with E-state index in [1.807, 2.05) is 0 Å². The van der Waals surface area contributed by atoms with Gasteiger partial charge in [-0.2, -0.15) is 0 Å². The van der Waals surface area contributed by atoms with Crippen molar-refractivity contribution in [2.45, 2.75) is 13.3 Å². The van der Waals surface area contributed by atoms with Crippen molar-refractivity contribution in [1.82, 2.24) is 10.4 Å². The van der Waals surface area contributed by atoms with Crippen LogP contribution in [0.5, 0.6) is 0 Å². The maximum absolute atomic E-state index is 12.3. The summed E-state index contributed by atoms with van der Waals surface area (Å²) in [4.78, 5) is 60.0. The van der Waals surface area contributed by atoms with Gasteiger partial charge >= 0.3 is 5.97 Å². The lowest BCUT2D eigenvalue weighted by Gasteiger charge is -2.18. The Morgan fingerprint density at radius 3 is 2.44 bits per heavy atom. The second-order valence-electron chi connectivity index (χ2n) is 7.12. The van der Waals surface area contributed by atoms with Crippen LogP contribution in [0.4, 0.5) is 5.69 Å². The average Bonchev–Trinajstić information content (AvgIpc) is 3.13. The number of benzene rings is 2. The van der Waals surface area contributed by atoms with Crippen molar-refractivity contribution in [2.24, 2.45) is 5.92 Å². The van der Waals surface area contributed by atoms with Crippen LogP contribution in [-0.4, -0.2) is 47.6 Å². The summed E-state index contributed by atoms with van der Waals surface area (Å²) in [7, 11) is 0. The number of anilines is 1. The molecule has 1 heterocycles. The molecule has 0 radical (unpaired) electrons. The standard InChI is InChI=1S/C22H20ClN3O6/c1-13(27)14-6-8-16(9-7-14)24-19(28)12-32-22(31)15-10-20(29)26(11-15)25-21(30)17-4-2-3-5-18(17)23/h2-9,15H,10-12H2,1H3,(H,24,28)(H,25,30)/t15-/m1/s1. The van der Waals surface area contributed by atoms with E-state index in [1.165, 1.54) is 13.0 Å². The third-order valence-electron chi connectivity index (χ3n) is 4.73. The van der Waals surface area contributed by atoms with Gasteiger partial charge in [-0.25, -0.2) is 0 Å². The number of carbonyl (C=O) groups is 5. The molecule has 9 nitrogen and oxygen atoms in total. The number of rotatable bonds is 7. The van der Waals surface area contributed by atoms with Gasteiger partial charge in [-0.05, 0) is 43.3 Å². The number of ketones is 1. The molecule has 0 saturated carbocycles. The van der Waals surface area contributed by atoms with E-state index in [4.69, 9.17) is 16.3 Å². The van der Waals surface area contributed by atoms with Crippen LogP contribution in [0.25, 0.3) is 0 Å². The van der Waals surface area contributed by atoms with Crippen LogP contribution >= 0.6 is 11.6 Å². The summed E-state index contributed by atoms with van der Waals surface area (Å²) in [5.41, 5.74) is 3.58. The molecule has 0 spiro atoms. The topological polar surface area (TPSA) is 122 Å². The van der Waals surface area contributed by atoms with Gasteiger partial charge in [-0.15, -0.1) is 0 Å². The van der Waals surface area contributed by atoms with E-state index in [9.17, 15) is 24.0 Å². The third-order valence-corrected chi connectivity index (χ3v) is 5.06. The molecule has 0 aliphatic carbocycles. The maximum atomic E-state index is 12.3. The number of hydrogen-bond acceptors (Lipinski definition) is 6. The molecular formula is C22H20ClN3O6. The van der Waals surface area contributed by atoms with Crippen LogP contribution in [0.1, 0.15) is 34.1 Å². The van der Waals surface area contributed by atoms with Gasteiger partial charge < -0.3 is 10.1 Å². The number of nitrogens with zero attached hydrogens (tertiary/aromatic N) is 1. The molecule has 2 N–H and O–H groups in total. The zero-order valence-corrected chi connectivity index (χ0v) is 17.8.